The summed E-state index contributed by atoms with van der Waals surface area (Å²) in [5.74, 6) is -0.860. The number of nitrogens with one attached hydrogen (secondary N) is 2. The fraction of sp³-hybridized carbons (Fsp3) is 0.259. The number of hydrogen-bond donors (Lipinski definition) is 2. The summed E-state index contributed by atoms with van der Waals surface area (Å²) in [5.41, 5.74) is 2.48. The number of urea groups is 1. The minimum Gasteiger partial charge on any atom is -0.352 e. The Morgan fingerprint density at radius 2 is 1.41 bits per heavy atom. The average molecular weight is 466 g/mol. The molecule has 3 aromatic rings. The zero-order valence-corrected chi connectivity index (χ0v) is 19.6. The Hall–Kier alpha value is -3.74. The van der Waals surface area contributed by atoms with Crippen molar-refractivity contribution in [2.45, 2.75) is 45.8 Å². The molecule has 0 atom stereocenters. The highest BCUT2D eigenvalue weighted by Crippen LogP contribution is 2.21. The molecule has 178 valence electrons. The fourth-order valence-corrected chi connectivity index (χ4v) is 3.33. The first-order chi connectivity index (χ1) is 16.1. The summed E-state index contributed by atoms with van der Waals surface area (Å²) >= 11 is 0. The van der Waals surface area contributed by atoms with Gasteiger partial charge in [-0.25, -0.2) is 13.6 Å². The number of halogens is 2. The van der Waals surface area contributed by atoms with E-state index in [4.69, 9.17) is 0 Å². The van der Waals surface area contributed by atoms with Crippen molar-refractivity contribution in [2.24, 2.45) is 0 Å². The van der Waals surface area contributed by atoms with Crippen molar-refractivity contribution < 1.29 is 18.4 Å². The van der Waals surface area contributed by atoms with Gasteiger partial charge in [0.2, 0.25) is 5.91 Å². The normalized spacial score (nSPS) is 11.1. The Morgan fingerprint density at radius 1 is 0.824 bits per heavy atom. The van der Waals surface area contributed by atoms with Crippen LogP contribution in [0.15, 0.2) is 72.8 Å². The molecule has 0 aliphatic rings. The maximum atomic E-state index is 13.3. The van der Waals surface area contributed by atoms with E-state index in [2.05, 4.69) is 10.6 Å². The van der Waals surface area contributed by atoms with Crippen molar-refractivity contribution in [3.05, 3.63) is 101 Å². The lowest BCUT2D eigenvalue weighted by molar-refractivity contribution is -0.120. The number of hydrogen-bond acceptors (Lipinski definition) is 2. The molecule has 0 saturated heterocycles. The second-order valence-corrected chi connectivity index (χ2v) is 9.14. The molecule has 0 unspecified atom stereocenters. The second-order valence-electron chi connectivity index (χ2n) is 9.14. The van der Waals surface area contributed by atoms with E-state index in [1.54, 1.807) is 47.4 Å². The Morgan fingerprint density at radius 3 is 2.00 bits per heavy atom. The predicted molar refractivity (Wildman–Crippen MR) is 129 cm³/mol. The van der Waals surface area contributed by atoms with Gasteiger partial charge in [-0.05, 0) is 73.9 Å². The molecule has 34 heavy (non-hydrogen) atoms. The van der Waals surface area contributed by atoms with Gasteiger partial charge in [-0.3, -0.25) is 9.69 Å². The predicted octanol–water partition coefficient (Wildman–Crippen LogP) is 5.34. The number of carbonyl (C=O) groups excluding carboxylic acids is 2. The summed E-state index contributed by atoms with van der Waals surface area (Å²) in [6.07, 6.45) is 0.125. The Balaban J connectivity index is 1.74. The number of amides is 3. The van der Waals surface area contributed by atoms with Gasteiger partial charge in [0.05, 0.1) is 13.0 Å². The summed E-state index contributed by atoms with van der Waals surface area (Å²) in [4.78, 5) is 27.1. The zero-order valence-electron chi connectivity index (χ0n) is 19.6. The third-order valence-corrected chi connectivity index (χ3v) is 4.97. The molecule has 3 aromatic carbocycles. The van der Waals surface area contributed by atoms with Gasteiger partial charge in [0, 0.05) is 17.8 Å². The Labute approximate surface area is 198 Å². The van der Waals surface area contributed by atoms with Gasteiger partial charge in [-0.15, -0.1) is 0 Å². The molecule has 0 aliphatic heterocycles. The highest BCUT2D eigenvalue weighted by molar-refractivity contribution is 5.92. The van der Waals surface area contributed by atoms with Gasteiger partial charge >= 0.3 is 6.03 Å². The van der Waals surface area contributed by atoms with E-state index < -0.39 is 5.54 Å². The maximum Gasteiger partial charge on any atom is 0.322 e. The van der Waals surface area contributed by atoms with E-state index >= 15 is 0 Å². The van der Waals surface area contributed by atoms with Crippen LogP contribution in [-0.4, -0.2) is 17.5 Å². The van der Waals surface area contributed by atoms with E-state index in [9.17, 15) is 18.4 Å². The number of carbonyl (C=O) groups is 2. The lowest BCUT2D eigenvalue weighted by Gasteiger charge is -2.29. The molecule has 0 aliphatic carbocycles. The topological polar surface area (TPSA) is 61.4 Å². The van der Waals surface area contributed by atoms with Gasteiger partial charge in [-0.2, -0.15) is 0 Å². The number of benzene rings is 3. The molecule has 3 rings (SSSR count). The van der Waals surface area contributed by atoms with E-state index in [0.29, 0.717) is 12.2 Å². The van der Waals surface area contributed by atoms with Crippen LogP contribution in [0.4, 0.5) is 19.3 Å². The first-order valence-corrected chi connectivity index (χ1v) is 11.0. The summed E-state index contributed by atoms with van der Waals surface area (Å²) in [6, 6.07) is 18.8. The van der Waals surface area contributed by atoms with Crippen molar-refractivity contribution in [3.8, 4) is 0 Å². The standard InChI is InChI=1S/C27H29F2N3O2/c1-27(2,3)31-26(34)32(18-20-9-13-23(29)14-10-20)24-6-4-5-21(15-24)16-25(33)30-17-19-7-11-22(28)12-8-19/h4-15H,16-18H2,1-3H3,(H,30,33)(H,31,34). The van der Waals surface area contributed by atoms with Crippen LogP contribution in [0.1, 0.15) is 37.5 Å². The first-order valence-electron chi connectivity index (χ1n) is 11.0. The van der Waals surface area contributed by atoms with Crippen LogP contribution < -0.4 is 15.5 Å². The van der Waals surface area contributed by atoms with Gasteiger partial charge in [0.25, 0.3) is 0 Å². The minimum absolute atomic E-state index is 0.125. The summed E-state index contributed by atoms with van der Waals surface area (Å²) in [6.45, 7) is 6.21. The average Bonchev–Trinajstić information content (AvgIpc) is 2.77. The van der Waals surface area contributed by atoms with Crippen LogP contribution in [0.2, 0.25) is 0 Å². The molecule has 0 heterocycles. The third-order valence-electron chi connectivity index (χ3n) is 4.97. The van der Waals surface area contributed by atoms with Crippen molar-refractivity contribution >= 4 is 17.6 Å². The quantitative estimate of drug-likeness (QED) is 0.495. The number of rotatable bonds is 7. The summed E-state index contributed by atoms with van der Waals surface area (Å²) in [5, 5.41) is 5.78. The molecule has 2 N–H and O–H groups in total. The van der Waals surface area contributed by atoms with Crippen LogP contribution in [0.25, 0.3) is 0 Å². The minimum atomic E-state index is -0.448. The Kier molecular flexibility index (Phi) is 7.99. The molecule has 0 fully saturated rings. The molecule has 0 saturated carbocycles. The van der Waals surface area contributed by atoms with Crippen molar-refractivity contribution in [1.82, 2.24) is 10.6 Å². The second kappa shape index (κ2) is 10.9. The highest BCUT2D eigenvalue weighted by atomic mass is 19.1. The molecular formula is C27H29F2N3O2. The molecule has 0 bridgehead atoms. The lowest BCUT2D eigenvalue weighted by Crippen LogP contribution is -2.48. The third kappa shape index (κ3) is 7.69. The Bertz CT molecular complexity index is 1120. The molecule has 7 heteroatoms. The van der Waals surface area contributed by atoms with Gasteiger partial charge in [0.1, 0.15) is 11.6 Å². The van der Waals surface area contributed by atoms with Crippen molar-refractivity contribution in [3.63, 3.8) is 0 Å². The molecular weight excluding hydrogens is 436 g/mol. The lowest BCUT2D eigenvalue weighted by atomic mass is 10.1. The van der Waals surface area contributed by atoms with Crippen LogP contribution in [0.5, 0.6) is 0 Å². The smallest absolute Gasteiger partial charge is 0.322 e. The van der Waals surface area contributed by atoms with Gasteiger partial charge < -0.3 is 10.6 Å². The largest absolute Gasteiger partial charge is 0.352 e. The van der Waals surface area contributed by atoms with Crippen LogP contribution in [0, 0.1) is 11.6 Å². The van der Waals surface area contributed by atoms with E-state index in [-0.39, 0.29) is 36.5 Å². The van der Waals surface area contributed by atoms with Crippen LogP contribution >= 0.6 is 0 Å². The SMILES string of the molecule is CC(C)(C)NC(=O)N(Cc1ccc(F)cc1)c1cccc(CC(=O)NCc2ccc(F)cc2)c1. The number of anilines is 1. The first kappa shape index (κ1) is 24.9. The summed E-state index contributed by atoms with van der Waals surface area (Å²) in [7, 11) is 0. The van der Waals surface area contributed by atoms with Crippen LogP contribution in [-0.2, 0) is 24.3 Å². The maximum absolute atomic E-state index is 13.3. The molecule has 3 amide bonds. The number of nitrogens with zero attached hydrogens (tertiary/aromatic N) is 1. The van der Waals surface area contributed by atoms with E-state index in [1.165, 1.54) is 24.3 Å². The molecule has 5 nitrogen and oxygen atoms in total. The van der Waals surface area contributed by atoms with E-state index in [0.717, 1.165) is 16.7 Å². The van der Waals surface area contributed by atoms with Crippen molar-refractivity contribution in [2.75, 3.05) is 4.90 Å². The molecule has 0 spiro atoms. The van der Waals surface area contributed by atoms with Gasteiger partial charge in [0.15, 0.2) is 0 Å². The monoisotopic (exact) mass is 465 g/mol. The van der Waals surface area contributed by atoms with Crippen molar-refractivity contribution in [1.29, 1.82) is 0 Å². The van der Waals surface area contributed by atoms with Gasteiger partial charge in [-0.1, -0.05) is 36.4 Å². The molecule has 0 radical (unpaired) electrons. The zero-order chi connectivity index (χ0) is 24.7. The summed E-state index contributed by atoms with van der Waals surface area (Å²) < 4.78 is 26.4. The van der Waals surface area contributed by atoms with Crippen LogP contribution in [0.3, 0.4) is 0 Å². The fourth-order valence-electron chi connectivity index (χ4n) is 3.33. The highest BCUT2D eigenvalue weighted by Gasteiger charge is 2.22. The molecule has 0 aromatic heterocycles. The van der Waals surface area contributed by atoms with E-state index in [1.807, 2.05) is 26.8 Å².